The van der Waals surface area contributed by atoms with Gasteiger partial charge in [-0.3, -0.25) is 4.79 Å². The summed E-state index contributed by atoms with van der Waals surface area (Å²) in [5.74, 6) is 1.48. The fourth-order valence-electron chi connectivity index (χ4n) is 3.21. The van der Waals surface area contributed by atoms with Gasteiger partial charge in [0.2, 0.25) is 5.91 Å². The van der Waals surface area contributed by atoms with E-state index in [1.54, 1.807) is 0 Å². The summed E-state index contributed by atoms with van der Waals surface area (Å²) in [6, 6.07) is 10.5. The molecule has 1 saturated heterocycles. The molecule has 130 valence electrons. The summed E-state index contributed by atoms with van der Waals surface area (Å²) in [6.45, 7) is 6.62. The van der Waals surface area contributed by atoms with Crippen LogP contribution in [0, 0.1) is 11.8 Å². The molecule has 0 radical (unpaired) electrons. The summed E-state index contributed by atoms with van der Waals surface area (Å²) in [5.41, 5.74) is 1.21. The summed E-state index contributed by atoms with van der Waals surface area (Å²) in [7, 11) is 0. The molecule has 0 aliphatic carbocycles. The van der Waals surface area contributed by atoms with Crippen molar-refractivity contribution in [3.63, 3.8) is 0 Å². The summed E-state index contributed by atoms with van der Waals surface area (Å²) in [4.78, 5) is 12.3. The molecule has 1 amide bonds. The number of amides is 1. The van der Waals surface area contributed by atoms with Crippen molar-refractivity contribution < 1.29 is 4.79 Å². The smallest absolute Gasteiger partial charge is 0.220 e. The Morgan fingerprint density at radius 3 is 2.48 bits per heavy atom. The molecule has 0 bridgehead atoms. The Balaban J connectivity index is 0.00000264. The molecule has 1 unspecified atom stereocenters. The molecular formula is C19H31ClN2O. The number of rotatable bonds is 7. The minimum atomic E-state index is 0. The van der Waals surface area contributed by atoms with E-state index in [1.807, 2.05) is 18.2 Å². The van der Waals surface area contributed by atoms with Crippen LogP contribution in [0.3, 0.4) is 0 Å². The Morgan fingerprint density at radius 2 is 1.87 bits per heavy atom. The first kappa shape index (κ1) is 20.0. The topological polar surface area (TPSA) is 41.1 Å². The number of benzene rings is 1. The monoisotopic (exact) mass is 338 g/mol. The summed E-state index contributed by atoms with van der Waals surface area (Å²) in [6.07, 6.45) is 5.09. The van der Waals surface area contributed by atoms with Gasteiger partial charge < -0.3 is 10.6 Å². The van der Waals surface area contributed by atoms with Crippen LogP contribution in [0.4, 0.5) is 0 Å². The zero-order valence-electron chi connectivity index (χ0n) is 14.4. The maximum absolute atomic E-state index is 12.3. The molecule has 1 heterocycles. The van der Waals surface area contributed by atoms with Crippen molar-refractivity contribution in [1.29, 1.82) is 0 Å². The lowest BCUT2D eigenvalue weighted by atomic mass is 9.92. The number of halogens is 1. The van der Waals surface area contributed by atoms with E-state index in [0.717, 1.165) is 25.9 Å². The van der Waals surface area contributed by atoms with Crippen LogP contribution in [0.25, 0.3) is 0 Å². The van der Waals surface area contributed by atoms with Gasteiger partial charge >= 0.3 is 0 Å². The molecule has 3 nitrogen and oxygen atoms in total. The lowest BCUT2D eigenvalue weighted by Gasteiger charge is -2.24. The Labute approximate surface area is 147 Å². The first-order valence-electron chi connectivity index (χ1n) is 8.70. The fourth-order valence-corrected chi connectivity index (χ4v) is 3.21. The molecule has 1 atom stereocenters. The maximum atomic E-state index is 12.3. The minimum absolute atomic E-state index is 0. The highest BCUT2D eigenvalue weighted by Gasteiger charge is 2.18. The van der Waals surface area contributed by atoms with Crippen LogP contribution in [0.2, 0.25) is 0 Å². The maximum Gasteiger partial charge on any atom is 0.220 e. The summed E-state index contributed by atoms with van der Waals surface area (Å²) < 4.78 is 0. The number of piperidine rings is 1. The molecular weight excluding hydrogens is 308 g/mol. The van der Waals surface area contributed by atoms with Crippen LogP contribution in [0.15, 0.2) is 30.3 Å². The predicted molar refractivity (Wildman–Crippen MR) is 98.9 cm³/mol. The third-order valence-electron chi connectivity index (χ3n) is 4.48. The first-order valence-corrected chi connectivity index (χ1v) is 8.70. The number of carbonyl (C=O) groups is 1. The van der Waals surface area contributed by atoms with Gasteiger partial charge in [-0.25, -0.2) is 0 Å². The molecule has 1 aromatic rings. The average Bonchev–Trinajstić information content (AvgIpc) is 2.54. The largest absolute Gasteiger partial charge is 0.349 e. The van der Waals surface area contributed by atoms with Crippen LogP contribution in [0.1, 0.15) is 57.6 Å². The zero-order chi connectivity index (χ0) is 15.8. The van der Waals surface area contributed by atoms with E-state index in [-0.39, 0.29) is 24.4 Å². The summed E-state index contributed by atoms with van der Waals surface area (Å²) in [5, 5.41) is 6.63. The van der Waals surface area contributed by atoms with E-state index in [2.05, 4.69) is 36.6 Å². The van der Waals surface area contributed by atoms with E-state index in [1.165, 1.54) is 18.4 Å². The lowest BCUT2D eigenvalue weighted by molar-refractivity contribution is -0.122. The Kier molecular flexibility index (Phi) is 9.27. The third-order valence-corrected chi connectivity index (χ3v) is 4.48. The van der Waals surface area contributed by atoms with Crippen molar-refractivity contribution in [3.8, 4) is 0 Å². The third kappa shape index (κ3) is 7.36. The average molecular weight is 339 g/mol. The highest BCUT2D eigenvalue weighted by molar-refractivity contribution is 5.85. The SMILES string of the molecule is CC(C)CC(NC(=O)CCC1CCNCC1)c1ccccc1.Cl. The Hall–Kier alpha value is -1.06. The van der Waals surface area contributed by atoms with Gasteiger partial charge in [-0.2, -0.15) is 0 Å². The van der Waals surface area contributed by atoms with Gasteiger partial charge in [-0.15, -0.1) is 12.4 Å². The van der Waals surface area contributed by atoms with Crippen LogP contribution in [0.5, 0.6) is 0 Å². The molecule has 1 fully saturated rings. The molecule has 23 heavy (non-hydrogen) atoms. The van der Waals surface area contributed by atoms with Gasteiger partial charge in [0.15, 0.2) is 0 Å². The van der Waals surface area contributed by atoms with E-state index in [4.69, 9.17) is 0 Å². The van der Waals surface area contributed by atoms with Crippen LogP contribution < -0.4 is 10.6 Å². The second kappa shape index (κ2) is 10.7. The zero-order valence-corrected chi connectivity index (χ0v) is 15.2. The van der Waals surface area contributed by atoms with Crippen molar-refractivity contribution in [2.24, 2.45) is 11.8 Å². The Bertz CT molecular complexity index is 444. The number of nitrogens with one attached hydrogen (secondary N) is 2. The molecule has 0 spiro atoms. The molecule has 1 aromatic carbocycles. The number of hydrogen-bond acceptors (Lipinski definition) is 2. The molecule has 1 aliphatic rings. The predicted octanol–water partition coefficient (Wildman–Crippen LogP) is 4.09. The first-order chi connectivity index (χ1) is 10.6. The highest BCUT2D eigenvalue weighted by Crippen LogP contribution is 2.22. The molecule has 0 saturated carbocycles. The Morgan fingerprint density at radius 1 is 1.22 bits per heavy atom. The van der Waals surface area contributed by atoms with Crippen LogP contribution >= 0.6 is 12.4 Å². The second-order valence-electron chi connectivity index (χ2n) is 6.89. The quantitative estimate of drug-likeness (QED) is 0.786. The van der Waals surface area contributed by atoms with E-state index in [9.17, 15) is 4.79 Å². The van der Waals surface area contributed by atoms with Gasteiger partial charge in [0.1, 0.15) is 0 Å². The molecule has 1 aliphatic heterocycles. The fraction of sp³-hybridized carbons (Fsp3) is 0.632. The van der Waals surface area contributed by atoms with Crippen molar-refractivity contribution >= 4 is 18.3 Å². The highest BCUT2D eigenvalue weighted by atomic mass is 35.5. The van der Waals surface area contributed by atoms with Crippen LogP contribution in [-0.2, 0) is 4.79 Å². The van der Waals surface area contributed by atoms with Gasteiger partial charge in [-0.05, 0) is 56.2 Å². The molecule has 0 aromatic heterocycles. The van der Waals surface area contributed by atoms with Gasteiger partial charge in [0.25, 0.3) is 0 Å². The minimum Gasteiger partial charge on any atom is -0.349 e. The summed E-state index contributed by atoms with van der Waals surface area (Å²) >= 11 is 0. The normalized spacial score (nSPS) is 16.7. The van der Waals surface area contributed by atoms with E-state index < -0.39 is 0 Å². The van der Waals surface area contributed by atoms with E-state index in [0.29, 0.717) is 18.3 Å². The molecule has 4 heteroatoms. The number of carbonyl (C=O) groups excluding carboxylic acids is 1. The van der Waals surface area contributed by atoms with Crippen molar-refractivity contribution in [1.82, 2.24) is 10.6 Å². The molecule has 2 N–H and O–H groups in total. The standard InChI is InChI=1S/C19H30N2O.ClH/c1-15(2)14-18(17-6-4-3-5-7-17)21-19(22)9-8-16-10-12-20-13-11-16;/h3-7,15-16,18,20H,8-14H2,1-2H3,(H,21,22);1H. The van der Waals surface area contributed by atoms with Gasteiger partial charge in [0.05, 0.1) is 6.04 Å². The second-order valence-corrected chi connectivity index (χ2v) is 6.89. The lowest BCUT2D eigenvalue weighted by Crippen LogP contribution is -2.31. The van der Waals surface area contributed by atoms with Gasteiger partial charge in [0, 0.05) is 6.42 Å². The van der Waals surface area contributed by atoms with Crippen molar-refractivity contribution in [3.05, 3.63) is 35.9 Å². The van der Waals surface area contributed by atoms with Gasteiger partial charge in [-0.1, -0.05) is 44.2 Å². The van der Waals surface area contributed by atoms with Crippen LogP contribution in [-0.4, -0.2) is 19.0 Å². The van der Waals surface area contributed by atoms with Crippen molar-refractivity contribution in [2.45, 2.75) is 52.0 Å². The van der Waals surface area contributed by atoms with E-state index >= 15 is 0 Å². The molecule has 2 rings (SSSR count). The number of hydrogen-bond donors (Lipinski definition) is 2. The van der Waals surface area contributed by atoms with Crippen molar-refractivity contribution in [2.75, 3.05) is 13.1 Å².